The first-order valence-electron chi connectivity index (χ1n) is 8.42. The Bertz CT molecular complexity index is 799. The van der Waals surface area contributed by atoms with Gasteiger partial charge in [-0.15, -0.1) is 0 Å². The summed E-state index contributed by atoms with van der Waals surface area (Å²) in [6.07, 6.45) is 0.683. The van der Waals surface area contributed by atoms with Crippen LogP contribution >= 0.6 is 0 Å². The number of hydrogen-bond donors (Lipinski definition) is 2. The number of nitrogen functional groups attached to an aromatic ring is 1. The number of hydrogen-bond acceptors (Lipinski definition) is 4. The van der Waals surface area contributed by atoms with Gasteiger partial charge in [0, 0.05) is 43.0 Å². The SMILES string of the molecule is CN(C)c1cccc(C(=O)NC2CC(C)(C)Oc3ccc(N)cc32)c1. The molecule has 1 heterocycles. The summed E-state index contributed by atoms with van der Waals surface area (Å²) < 4.78 is 6.03. The fraction of sp³-hybridized carbons (Fsp3) is 0.350. The molecule has 0 radical (unpaired) electrons. The van der Waals surface area contributed by atoms with Gasteiger partial charge in [-0.1, -0.05) is 6.07 Å². The zero-order chi connectivity index (χ0) is 18.2. The first-order valence-corrected chi connectivity index (χ1v) is 8.42. The van der Waals surface area contributed by atoms with Crippen molar-refractivity contribution in [2.45, 2.75) is 31.9 Å². The van der Waals surface area contributed by atoms with Crippen molar-refractivity contribution in [1.82, 2.24) is 5.32 Å². The van der Waals surface area contributed by atoms with Crippen LogP contribution in [0.3, 0.4) is 0 Å². The second-order valence-corrected chi connectivity index (χ2v) is 7.33. The van der Waals surface area contributed by atoms with Gasteiger partial charge in [-0.3, -0.25) is 4.79 Å². The van der Waals surface area contributed by atoms with E-state index in [-0.39, 0.29) is 17.6 Å². The van der Waals surface area contributed by atoms with Gasteiger partial charge in [-0.05, 0) is 50.2 Å². The van der Waals surface area contributed by atoms with Gasteiger partial charge in [0.25, 0.3) is 5.91 Å². The molecule has 2 aromatic carbocycles. The number of benzene rings is 2. The van der Waals surface area contributed by atoms with E-state index in [2.05, 4.69) is 5.32 Å². The summed E-state index contributed by atoms with van der Waals surface area (Å²) in [5, 5.41) is 3.15. The molecule has 1 aliphatic heterocycles. The van der Waals surface area contributed by atoms with Crippen molar-refractivity contribution in [3.8, 4) is 5.75 Å². The van der Waals surface area contributed by atoms with E-state index in [4.69, 9.17) is 10.5 Å². The van der Waals surface area contributed by atoms with E-state index in [1.165, 1.54) is 0 Å². The highest BCUT2D eigenvalue weighted by Crippen LogP contribution is 2.40. The highest BCUT2D eigenvalue weighted by molar-refractivity contribution is 5.95. The zero-order valence-corrected chi connectivity index (χ0v) is 15.2. The standard InChI is InChI=1S/C20H25N3O2/c1-20(2)12-17(16-11-14(21)8-9-18(16)25-20)22-19(24)13-6-5-7-15(10-13)23(3)4/h5-11,17H,12,21H2,1-4H3,(H,22,24). The van der Waals surface area contributed by atoms with Gasteiger partial charge in [0.15, 0.2) is 0 Å². The van der Waals surface area contributed by atoms with Crippen LogP contribution in [-0.4, -0.2) is 25.6 Å². The van der Waals surface area contributed by atoms with Crippen LogP contribution in [0.1, 0.15) is 42.2 Å². The van der Waals surface area contributed by atoms with Crippen molar-refractivity contribution in [2.75, 3.05) is 24.7 Å². The van der Waals surface area contributed by atoms with Crippen LogP contribution < -0.4 is 20.7 Å². The molecule has 0 fully saturated rings. The van der Waals surface area contributed by atoms with Crippen LogP contribution in [0.15, 0.2) is 42.5 Å². The number of carbonyl (C=O) groups excluding carboxylic acids is 1. The third kappa shape index (κ3) is 3.71. The number of nitrogens with two attached hydrogens (primary N) is 1. The summed E-state index contributed by atoms with van der Waals surface area (Å²) in [6.45, 7) is 4.05. The number of ether oxygens (including phenoxy) is 1. The maximum absolute atomic E-state index is 12.8. The lowest BCUT2D eigenvalue weighted by Gasteiger charge is -2.38. The van der Waals surface area contributed by atoms with Crippen molar-refractivity contribution in [3.63, 3.8) is 0 Å². The fourth-order valence-corrected chi connectivity index (χ4v) is 3.17. The molecule has 0 spiro atoms. The van der Waals surface area contributed by atoms with Gasteiger partial charge >= 0.3 is 0 Å². The molecular weight excluding hydrogens is 314 g/mol. The molecule has 1 aliphatic rings. The van der Waals surface area contributed by atoms with E-state index in [1.807, 2.05) is 75.3 Å². The van der Waals surface area contributed by atoms with E-state index in [0.29, 0.717) is 17.7 Å². The second-order valence-electron chi connectivity index (χ2n) is 7.33. The number of fused-ring (bicyclic) bond motifs is 1. The fourth-order valence-electron chi connectivity index (χ4n) is 3.17. The minimum Gasteiger partial charge on any atom is -0.487 e. The number of nitrogens with zero attached hydrogens (tertiary/aromatic N) is 1. The van der Waals surface area contributed by atoms with Crippen molar-refractivity contribution in [3.05, 3.63) is 53.6 Å². The van der Waals surface area contributed by atoms with Crippen molar-refractivity contribution in [1.29, 1.82) is 0 Å². The average Bonchev–Trinajstić information content (AvgIpc) is 2.55. The first-order chi connectivity index (χ1) is 11.7. The van der Waals surface area contributed by atoms with Gasteiger partial charge in [0.2, 0.25) is 0 Å². The lowest BCUT2D eigenvalue weighted by atomic mass is 9.89. The van der Waals surface area contributed by atoms with Crippen molar-refractivity contribution in [2.24, 2.45) is 0 Å². The Kier molecular flexibility index (Phi) is 4.33. The highest BCUT2D eigenvalue weighted by atomic mass is 16.5. The first kappa shape index (κ1) is 17.1. The van der Waals surface area contributed by atoms with Crippen LogP contribution in [0.5, 0.6) is 5.75 Å². The number of carbonyl (C=O) groups is 1. The van der Waals surface area contributed by atoms with Crippen LogP contribution in [0, 0.1) is 0 Å². The third-order valence-electron chi connectivity index (χ3n) is 4.42. The molecule has 25 heavy (non-hydrogen) atoms. The van der Waals surface area contributed by atoms with E-state index >= 15 is 0 Å². The molecule has 0 saturated carbocycles. The van der Waals surface area contributed by atoms with Gasteiger partial charge < -0.3 is 20.7 Å². The molecule has 5 nitrogen and oxygen atoms in total. The Hall–Kier alpha value is -2.69. The maximum atomic E-state index is 12.8. The Labute approximate surface area is 148 Å². The summed E-state index contributed by atoms with van der Waals surface area (Å²) in [5.41, 5.74) is 8.80. The topological polar surface area (TPSA) is 67.6 Å². The average molecular weight is 339 g/mol. The molecule has 2 aromatic rings. The number of amides is 1. The molecule has 0 aromatic heterocycles. The Balaban J connectivity index is 1.88. The quantitative estimate of drug-likeness (QED) is 0.842. The summed E-state index contributed by atoms with van der Waals surface area (Å²) in [6, 6.07) is 13.0. The molecule has 0 aliphatic carbocycles. The Morgan fingerprint density at radius 2 is 2.00 bits per heavy atom. The van der Waals surface area contributed by atoms with E-state index in [0.717, 1.165) is 17.0 Å². The van der Waals surface area contributed by atoms with Gasteiger partial charge in [0.1, 0.15) is 11.4 Å². The summed E-state index contributed by atoms with van der Waals surface area (Å²) in [7, 11) is 3.91. The zero-order valence-electron chi connectivity index (χ0n) is 15.2. The minimum absolute atomic E-state index is 0.0974. The highest BCUT2D eigenvalue weighted by Gasteiger charge is 2.34. The number of nitrogens with one attached hydrogen (secondary N) is 1. The smallest absolute Gasteiger partial charge is 0.251 e. The molecule has 1 amide bonds. The van der Waals surface area contributed by atoms with Crippen LogP contribution in [0.2, 0.25) is 0 Å². The molecule has 0 saturated heterocycles. The Morgan fingerprint density at radius 3 is 2.72 bits per heavy atom. The molecule has 3 N–H and O–H groups in total. The molecule has 5 heteroatoms. The lowest BCUT2D eigenvalue weighted by Crippen LogP contribution is -2.41. The normalized spacial score (nSPS) is 18.0. The predicted octanol–water partition coefficient (Wildman–Crippen LogP) is 3.37. The number of anilines is 2. The molecule has 132 valence electrons. The van der Waals surface area contributed by atoms with Crippen LogP contribution in [0.4, 0.5) is 11.4 Å². The van der Waals surface area contributed by atoms with Gasteiger partial charge in [-0.2, -0.15) is 0 Å². The van der Waals surface area contributed by atoms with E-state index in [9.17, 15) is 4.79 Å². The second kappa shape index (κ2) is 6.31. The monoisotopic (exact) mass is 339 g/mol. The van der Waals surface area contributed by atoms with Gasteiger partial charge in [-0.25, -0.2) is 0 Å². The van der Waals surface area contributed by atoms with Crippen LogP contribution in [-0.2, 0) is 0 Å². The van der Waals surface area contributed by atoms with E-state index < -0.39 is 0 Å². The van der Waals surface area contributed by atoms with Crippen molar-refractivity contribution < 1.29 is 9.53 Å². The van der Waals surface area contributed by atoms with Gasteiger partial charge in [0.05, 0.1) is 6.04 Å². The number of rotatable bonds is 3. The molecular formula is C20H25N3O2. The molecule has 3 rings (SSSR count). The summed E-state index contributed by atoms with van der Waals surface area (Å²) in [5.74, 6) is 0.678. The summed E-state index contributed by atoms with van der Waals surface area (Å²) in [4.78, 5) is 14.8. The maximum Gasteiger partial charge on any atom is 0.251 e. The third-order valence-corrected chi connectivity index (χ3v) is 4.42. The molecule has 1 unspecified atom stereocenters. The van der Waals surface area contributed by atoms with Crippen LogP contribution in [0.25, 0.3) is 0 Å². The predicted molar refractivity (Wildman–Crippen MR) is 101 cm³/mol. The summed E-state index contributed by atoms with van der Waals surface area (Å²) >= 11 is 0. The van der Waals surface area contributed by atoms with E-state index in [1.54, 1.807) is 0 Å². The largest absolute Gasteiger partial charge is 0.487 e. The molecule has 1 atom stereocenters. The molecule has 0 bridgehead atoms. The van der Waals surface area contributed by atoms with Crippen molar-refractivity contribution >= 4 is 17.3 Å². The lowest BCUT2D eigenvalue weighted by molar-refractivity contribution is 0.0620. The minimum atomic E-state index is -0.355. The Morgan fingerprint density at radius 1 is 1.24 bits per heavy atom.